The highest BCUT2D eigenvalue weighted by Crippen LogP contribution is 2.28. The zero-order valence-electron chi connectivity index (χ0n) is 12.6. The smallest absolute Gasteiger partial charge is 0.308 e. The molecule has 0 aromatic heterocycles. The van der Waals surface area contributed by atoms with Gasteiger partial charge in [0, 0.05) is 16.7 Å². The molecule has 22 heavy (non-hydrogen) atoms. The molecule has 0 aliphatic carbocycles. The molecular formula is C17H16INO3. The molecule has 2 aromatic carbocycles. The van der Waals surface area contributed by atoms with Gasteiger partial charge >= 0.3 is 5.97 Å². The van der Waals surface area contributed by atoms with Crippen molar-refractivity contribution in [3.05, 3.63) is 51.1 Å². The van der Waals surface area contributed by atoms with Crippen LogP contribution in [-0.4, -0.2) is 19.3 Å². The summed E-state index contributed by atoms with van der Waals surface area (Å²) in [5.74, 6) is 0.517. The topological polar surface area (TPSA) is 47.9 Å². The van der Waals surface area contributed by atoms with E-state index in [1.807, 2.05) is 24.3 Å². The van der Waals surface area contributed by atoms with Gasteiger partial charge in [-0.2, -0.15) is 0 Å². The van der Waals surface area contributed by atoms with Crippen molar-refractivity contribution in [2.24, 2.45) is 4.99 Å². The molecule has 0 bridgehead atoms. The molecule has 0 saturated heterocycles. The van der Waals surface area contributed by atoms with Crippen LogP contribution >= 0.6 is 22.6 Å². The van der Waals surface area contributed by atoms with Crippen LogP contribution in [0.5, 0.6) is 11.5 Å². The van der Waals surface area contributed by atoms with E-state index >= 15 is 0 Å². The summed E-state index contributed by atoms with van der Waals surface area (Å²) in [7, 11) is 1.53. The normalized spacial score (nSPS) is 10.7. The van der Waals surface area contributed by atoms with Crippen molar-refractivity contribution in [1.29, 1.82) is 0 Å². The molecule has 114 valence electrons. The Bertz CT molecular complexity index is 726. The zero-order valence-corrected chi connectivity index (χ0v) is 14.7. The summed E-state index contributed by atoms with van der Waals surface area (Å²) in [6, 6.07) is 11.3. The molecule has 0 N–H and O–H groups in total. The number of aliphatic imine (C=N–C) groups is 1. The quantitative estimate of drug-likeness (QED) is 0.328. The molecule has 0 spiro atoms. The molecule has 0 aliphatic heterocycles. The van der Waals surface area contributed by atoms with Crippen LogP contribution in [0.25, 0.3) is 0 Å². The number of ether oxygens (including phenoxy) is 2. The van der Waals surface area contributed by atoms with E-state index in [1.54, 1.807) is 18.3 Å². The Morgan fingerprint density at radius 3 is 2.59 bits per heavy atom. The fourth-order valence-corrected chi connectivity index (χ4v) is 2.31. The van der Waals surface area contributed by atoms with Crippen molar-refractivity contribution in [3.8, 4) is 11.5 Å². The summed E-state index contributed by atoms with van der Waals surface area (Å²) in [5, 5.41) is 0. The first-order valence-electron chi connectivity index (χ1n) is 6.66. The predicted molar refractivity (Wildman–Crippen MR) is 95.5 cm³/mol. The van der Waals surface area contributed by atoms with Crippen LogP contribution in [0.2, 0.25) is 0 Å². The van der Waals surface area contributed by atoms with E-state index in [9.17, 15) is 4.79 Å². The molecule has 0 radical (unpaired) electrons. The van der Waals surface area contributed by atoms with Crippen LogP contribution < -0.4 is 9.47 Å². The number of rotatable bonds is 4. The maximum atomic E-state index is 11.0. The number of hydrogen-bond acceptors (Lipinski definition) is 4. The zero-order chi connectivity index (χ0) is 16.1. The van der Waals surface area contributed by atoms with E-state index < -0.39 is 0 Å². The van der Waals surface area contributed by atoms with Crippen molar-refractivity contribution < 1.29 is 14.3 Å². The molecule has 4 nitrogen and oxygen atoms in total. The molecule has 0 saturated carbocycles. The van der Waals surface area contributed by atoms with E-state index in [2.05, 4.69) is 34.5 Å². The minimum atomic E-state index is -0.381. The van der Waals surface area contributed by atoms with Gasteiger partial charge in [-0.15, -0.1) is 0 Å². The van der Waals surface area contributed by atoms with E-state index in [1.165, 1.54) is 23.2 Å². The number of esters is 1. The molecule has 0 unspecified atom stereocenters. The van der Waals surface area contributed by atoms with Gasteiger partial charge in [0.05, 0.1) is 12.8 Å². The van der Waals surface area contributed by atoms with Crippen LogP contribution in [0.15, 0.2) is 41.4 Å². The van der Waals surface area contributed by atoms with E-state index in [0.29, 0.717) is 11.5 Å². The molecule has 0 fully saturated rings. The van der Waals surface area contributed by atoms with Crippen molar-refractivity contribution >= 4 is 40.5 Å². The number of carbonyl (C=O) groups excluding carboxylic acids is 1. The lowest BCUT2D eigenvalue weighted by Gasteiger charge is -2.08. The van der Waals surface area contributed by atoms with Crippen LogP contribution in [0, 0.1) is 10.5 Å². The molecule has 0 heterocycles. The highest BCUT2D eigenvalue weighted by atomic mass is 127. The molecule has 0 aliphatic rings. The summed E-state index contributed by atoms with van der Waals surface area (Å²) in [4.78, 5) is 15.5. The van der Waals surface area contributed by atoms with E-state index in [-0.39, 0.29) is 5.97 Å². The molecular weight excluding hydrogens is 393 g/mol. The van der Waals surface area contributed by atoms with Crippen molar-refractivity contribution in [2.45, 2.75) is 13.8 Å². The first-order valence-corrected chi connectivity index (χ1v) is 7.74. The first kappa shape index (κ1) is 16.5. The molecule has 0 amide bonds. The maximum absolute atomic E-state index is 11.0. The van der Waals surface area contributed by atoms with Gasteiger partial charge in [-0.25, -0.2) is 0 Å². The van der Waals surface area contributed by atoms with Crippen LogP contribution in [0.3, 0.4) is 0 Å². The van der Waals surface area contributed by atoms with E-state index in [0.717, 1.165) is 11.3 Å². The number of benzene rings is 2. The van der Waals surface area contributed by atoms with Crippen LogP contribution in [0.1, 0.15) is 18.1 Å². The van der Waals surface area contributed by atoms with Crippen molar-refractivity contribution in [1.82, 2.24) is 0 Å². The lowest BCUT2D eigenvalue weighted by atomic mass is 10.2. The lowest BCUT2D eigenvalue weighted by molar-refractivity contribution is -0.132. The minimum Gasteiger partial charge on any atom is -0.493 e. The Morgan fingerprint density at radius 2 is 1.95 bits per heavy atom. The van der Waals surface area contributed by atoms with Gasteiger partial charge in [-0.1, -0.05) is 6.07 Å². The van der Waals surface area contributed by atoms with Crippen LogP contribution in [-0.2, 0) is 4.79 Å². The second-order valence-electron chi connectivity index (χ2n) is 4.70. The van der Waals surface area contributed by atoms with Gasteiger partial charge in [0.15, 0.2) is 11.5 Å². The molecule has 5 heteroatoms. The monoisotopic (exact) mass is 409 g/mol. The Labute approximate surface area is 143 Å². The molecule has 0 atom stereocenters. The SMILES string of the molecule is COc1cc(C=Nc2ccc(C)c(I)c2)ccc1OC(C)=O. The van der Waals surface area contributed by atoms with Crippen LogP contribution in [0.4, 0.5) is 5.69 Å². The third-order valence-electron chi connectivity index (χ3n) is 2.96. The summed E-state index contributed by atoms with van der Waals surface area (Å²) in [6.45, 7) is 3.42. The number of halogens is 1. The number of carbonyl (C=O) groups is 1. The van der Waals surface area contributed by atoms with Gasteiger partial charge in [0.25, 0.3) is 0 Å². The average Bonchev–Trinajstić information content (AvgIpc) is 2.49. The fourth-order valence-electron chi connectivity index (χ4n) is 1.81. The van der Waals surface area contributed by atoms with Crippen molar-refractivity contribution in [2.75, 3.05) is 7.11 Å². The van der Waals surface area contributed by atoms with Gasteiger partial charge < -0.3 is 9.47 Å². The third kappa shape index (κ3) is 4.30. The van der Waals surface area contributed by atoms with Gasteiger partial charge in [-0.3, -0.25) is 9.79 Å². The highest BCUT2D eigenvalue weighted by Gasteiger charge is 2.07. The lowest BCUT2D eigenvalue weighted by Crippen LogP contribution is -2.03. The van der Waals surface area contributed by atoms with Crippen molar-refractivity contribution in [3.63, 3.8) is 0 Å². The second-order valence-corrected chi connectivity index (χ2v) is 5.86. The molecule has 2 aromatic rings. The average molecular weight is 409 g/mol. The Kier molecular flexibility index (Phi) is 5.54. The minimum absolute atomic E-state index is 0.381. The second kappa shape index (κ2) is 7.40. The number of methoxy groups -OCH3 is 1. The number of hydrogen-bond donors (Lipinski definition) is 0. The first-order chi connectivity index (χ1) is 10.5. The largest absolute Gasteiger partial charge is 0.493 e. The fraction of sp³-hybridized carbons (Fsp3) is 0.176. The Balaban J connectivity index is 2.23. The van der Waals surface area contributed by atoms with Gasteiger partial charge in [0.1, 0.15) is 0 Å². The Morgan fingerprint density at radius 1 is 1.18 bits per heavy atom. The summed E-state index contributed by atoms with van der Waals surface area (Å²) < 4.78 is 11.5. The Hall–Kier alpha value is -1.89. The maximum Gasteiger partial charge on any atom is 0.308 e. The summed E-state index contributed by atoms with van der Waals surface area (Å²) in [5.41, 5.74) is 2.98. The third-order valence-corrected chi connectivity index (χ3v) is 4.12. The highest BCUT2D eigenvalue weighted by molar-refractivity contribution is 14.1. The standard InChI is InChI=1S/C17H16INO3/c1-11-4-6-14(9-15(11)18)19-10-13-5-7-16(22-12(2)20)17(8-13)21-3/h4-10H,1-3H3. The number of nitrogens with zero attached hydrogens (tertiary/aromatic N) is 1. The summed E-state index contributed by atoms with van der Waals surface area (Å²) in [6.07, 6.45) is 1.75. The van der Waals surface area contributed by atoms with E-state index in [4.69, 9.17) is 9.47 Å². The predicted octanol–water partition coefficient (Wildman–Crippen LogP) is 4.28. The molecule has 2 rings (SSSR count). The van der Waals surface area contributed by atoms with Gasteiger partial charge in [-0.05, 0) is 71.0 Å². The summed E-state index contributed by atoms with van der Waals surface area (Å²) >= 11 is 2.29. The van der Waals surface area contributed by atoms with Gasteiger partial charge in [0.2, 0.25) is 0 Å². The number of aryl methyl sites for hydroxylation is 1.